The third kappa shape index (κ3) is 3.81. The van der Waals surface area contributed by atoms with Crippen LogP contribution < -0.4 is 5.32 Å². The molecule has 4 nitrogen and oxygen atoms in total. The predicted octanol–water partition coefficient (Wildman–Crippen LogP) is 3.98. The molecule has 0 aliphatic heterocycles. The molecular formula is C18H16N2O2S. The van der Waals surface area contributed by atoms with Gasteiger partial charge in [-0.3, -0.25) is 4.79 Å². The number of aryl methyl sites for hydroxylation is 1. The zero-order chi connectivity index (χ0) is 16.2. The van der Waals surface area contributed by atoms with Gasteiger partial charge in [-0.25, -0.2) is 4.98 Å². The van der Waals surface area contributed by atoms with Crippen LogP contribution in [0.25, 0.3) is 10.9 Å². The van der Waals surface area contributed by atoms with E-state index in [0.29, 0.717) is 5.69 Å². The number of para-hydroxylation sites is 1. The average molecular weight is 324 g/mol. The van der Waals surface area contributed by atoms with Crippen LogP contribution >= 0.6 is 11.8 Å². The summed E-state index contributed by atoms with van der Waals surface area (Å²) in [7, 11) is 0. The molecule has 0 radical (unpaired) electrons. The molecule has 116 valence electrons. The maximum Gasteiger partial charge on any atom is 0.234 e. The molecular weight excluding hydrogens is 308 g/mol. The summed E-state index contributed by atoms with van der Waals surface area (Å²) < 4.78 is 0. The van der Waals surface area contributed by atoms with Crippen molar-refractivity contribution in [3.63, 3.8) is 0 Å². The van der Waals surface area contributed by atoms with Crippen molar-refractivity contribution in [2.75, 3.05) is 11.1 Å². The molecule has 1 heterocycles. The summed E-state index contributed by atoms with van der Waals surface area (Å²) in [6.07, 6.45) is 0. The monoisotopic (exact) mass is 324 g/mol. The number of aromatic nitrogens is 1. The number of phenols is 1. The van der Waals surface area contributed by atoms with Crippen LogP contribution in [0.1, 0.15) is 5.56 Å². The Balaban J connectivity index is 1.67. The molecule has 1 aromatic heterocycles. The number of nitrogens with zero attached hydrogens (tertiary/aromatic N) is 1. The first-order valence-electron chi connectivity index (χ1n) is 7.20. The predicted molar refractivity (Wildman–Crippen MR) is 93.9 cm³/mol. The van der Waals surface area contributed by atoms with E-state index in [0.717, 1.165) is 21.5 Å². The van der Waals surface area contributed by atoms with Gasteiger partial charge in [0.2, 0.25) is 5.91 Å². The van der Waals surface area contributed by atoms with E-state index in [-0.39, 0.29) is 17.4 Å². The van der Waals surface area contributed by atoms with Crippen molar-refractivity contribution in [3.8, 4) is 5.75 Å². The summed E-state index contributed by atoms with van der Waals surface area (Å²) in [5.74, 6) is 0.260. The number of rotatable bonds is 4. The van der Waals surface area contributed by atoms with Crippen LogP contribution in [0, 0.1) is 6.92 Å². The standard InChI is InChI=1S/C18H16N2O2S/c1-12-9-18(20-16-8-3-2-7-15(12)16)23-11-17(22)19-13-5-4-6-14(21)10-13/h2-10,21H,11H2,1H3,(H,19,22). The van der Waals surface area contributed by atoms with Crippen LogP contribution in [0.2, 0.25) is 0 Å². The summed E-state index contributed by atoms with van der Waals surface area (Å²) in [4.78, 5) is 16.6. The van der Waals surface area contributed by atoms with Crippen LogP contribution in [-0.4, -0.2) is 21.8 Å². The quantitative estimate of drug-likeness (QED) is 0.713. The van der Waals surface area contributed by atoms with E-state index in [4.69, 9.17) is 0 Å². The third-order valence-corrected chi connectivity index (χ3v) is 4.29. The molecule has 0 atom stereocenters. The SMILES string of the molecule is Cc1cc(SCC(=O)Nc2cccc(O)c2)nc2ccccc12. The van der Waals surface area contributed by atoms with Crippen molar-refractivity contribution in [2.45, 2.75) is 11.9 Å². The van der Waals surface area contributed by atoms with E-state index in [1.165, 1.54) is 17.8 Å². The van der Waals surface area contributed by atoms with Crippen molar-refractivity contribution in [3.05, 3.63) is 60.2 Å². The largest absolute Gasteiger partial charge is 0.508 e. The topological polar surface area (TPSA) is 62.2 Å². The molecule has 23 heavy (non-hydrogen) atoms. The van der Waals surface area contributed by atoms with E-state index in [1.807, 2.05) is 37.3 Å². The number of phenolic OH excluding ortho intramolecular Hbond substituents is 1. The first kappa shape index (κ1) is 15.4. The molecule has 0 spiro atoms. The van der Waals surface area contributed by atoms with Crippen molar-refractivity contribution < 1.29 is 9.90 Å². The summed E-state index contributed by atoms with van der Waals surface area (Å²) >= 11 is 1.40. The Morgan fingerprint density at radius 2 is 2.00 bits per heavy atom. The van der Waals surface area contributed by atoms with Gasteiger partial charge in [-0.15, -0.1) is 0 Å². The number of hydrogen-bond donors (Lipinski definition) is 2. The highest BCUT2D eigenvalue weighted by Gasteiger charge is 2.07. The van der Waals surface area contributed by atoms with Gasteiger partial charge < -0.3 is 10.4 Å². The molecule has 0 bridgehead atoms. The van der Waals surface area contributed by atoms with Crippen LogP contribution in [0.3, 0.4) is 0 Å². The zero-order valence-corrected chi connectivity index (χ0v) is 13.4. The number of thioether (sulfide) groups is 1. The molecule has 0 fully saturated rings. The highest BCUT2D eigenvalue weighted by molar-refractivity contribution is 7.99. The van der Waals surface area contributed by atoms with Gasteiger partial charge in [-0.1, -0.05) is 36.0 Å². The fourth-order valence-electron chi connectivity index (χ4n) is 2.31. The number of benzene rings is 2. The van der Waals surface area contributed by atoms with E-state index < -0.39 is 0 Å². The van der Waals surface area contributed by atoms with Crippen LogP contribution in [0.4, 0.5) is 5.69 Å². The highest BCUT2D eigenvalue weighted by atomic mass is 32.2. The molecule has 0 saturated heterocycles. The van der Waals surface area contributed by atoms with Crippen LogP contribution in [0.15, 0.2) is 59.6 Å². The fraction of sp³-hybridized carbons (Fsp3) is 0.111. The second-order valence-corrected chi connectivity index (χ2v) is 6.18. The van der Waals surface area contributed by atoms with Gasteiger partial charge in [0.05, 0.1) is 16.3 Å². The molecule has 2 N–H and O–H groups in total. The maximum atomic E-state index is 12.0. The Labute approximate surface area is 138 Å². The Morgan fingerprint density at radius 1 is 1.17 bits per heavy atom. The first-order chi connectivity index (χ1) is 11.1. The first-order valence-corrected chi connectivity index (χ1v) is 8.18. The summed E-state index contributed by atoms with van der Waals surface area (Å²) in [6, 6.07) is 16.5. The molecule has 5 heteroatoms. The van der Waals surface area contributed by atoms with Crippen LogP contribution in [0.5, 0.6) is 5.75 Å². The molecule has 3 aromatic rings. The lowest BCUT2D eigenvalue weighted by molar-refractivity contribution is -0.113. The number of aromatic hydroxyl groups is 1. The highest BCUT2D eigenvalue weighted by Crippen LogP contribution is 2.24. The minimum Gasteiger partial charge on any atom is -0.508 e. The number of amides is 1. The molecule has 0 aliphatic carbocycles. The minimum absolute atomic E-state index is 0.127. The van der Waals surface area contributed by atoms with Gasteiger partial charge in [-0.2, -0.15) is 0 Å². The Hall–Kier alpha value is -2.53. The second kappa shape index (κ2) is 6.71. The number of pyridine rings is 1. The summed E-state index contributed by atoms with van der Waals surface area (Å²) in [5, 5.41) is 14.1. The third-order valence-electron chi connectivity index (χ3n) is 3.38. The number of carbonyl (C=O) groups excluding carboxylic acids is 1. The Kier molecular flexibility index (Phi) is 4.48. The van der Waals surface area contributed by atoms with Gasteiger partial charge in [0.25, 0.3) is 0 Å². The van der Waals surface area contributed by atoms with E-state index in [1.54, 1.807) is 18.2 Å². The van der Waals surface area contributed by atoms with Crippen molar-refractivity contribution in [1.82, 2.24) is 4.98 Å². The van der Waals surface area contributed by atoms with E-state index >= 15 is 0 Å². The number of nitrogens with one attached hydrogen (secondary N) is 1. The molecule has 0 saturated carbocycles. The molecule has 0 aliphatic rings. The fourth-order valence-corrected chi connectivity index (χ4v) is 3.09. The number of fused-ring (bicyclic) bond motifs is 1. The Bertz CT molecular complexity index is 865. The normalized spacial score (nSPS) is 10.7. The smallest absolute Gasteiger partial charge is 0.234 e. The van der Waals surface area contributed by atoms with E-state index in [9.17, 15) is 9.90 Å². The van der Waals surface area contributed by atoms with Gasteiger partial charge >= 0.3 is 0 Å². The number of carbonyl (C=O) groups is 1. The maximum absolute atomic E-state index is 12.0. The number of anilines is 1. The van der Waals surface area contributed by atoms with Crippen molar-refractivity contribution in [1.29, 1.82) is 0 Å². The Morgan fingerprint density at radius 3 is 2.83 bits per heavy atom. The lowest BCUT2D eigenvalue weighted by Crippen LogP contribution is -2.14. The average Bonchev–Trinajstić information content (AvgIpc) is 2.53. The summed E-state index contributed by atoms with van der Waals surface area (Å²) in [6.45, 7) is 2.04. The van der Waals surface area contributed by atoms with E-state index in [2.05, 4.69) is 10.3 Å². The van der Waals surface area contributed by atoms with Gasteiger partial charge in [-0.05, 0) is 36.8 Å². The summed E-state index contributed by atoms with van der Waals surface area (Å²) in [5.41, 5.74) is 2.66. The van der Waals surface area contributed by atoms with Crippen LogP contribution in [-0.2, 0) is 4.79 Å². The minimum atomic E-state index is -0.131. The van der Waals surface area contributed by atoms with Gasteiger partial charge in [0, 0.05) is 17.1 Å². The second-order valence-electron chi connectivity index (χ2n) is 5.18. The number of hydrogen-bond acceptors (Lipinski definition) is 4. The lowest BCUT2D eigenvalue weighted by Gasteiger charge is -2.07. The van der Waals surface area contributed by atoms with Crippen molar-refractivity contribution >= 4 is 34.3 Å². The molecule has 0 unspecified atom stereocenters. The van der Waals surface area contributed by atoms with Crippen molar-refractivity contribution in [2.24, 2.45) is 0 Å². The van der Waals surface area contributed by atoms with Gasteiger partial charge in [0.1, 0.15) is 5.75 Å². The van der Waals surface area contributed by atoms with Gasteiger partial charge in [0.15, 0.2) is 0 Å². The molecule has 2 aromatic carbocycles. The molecule has 3 rings (SSSR count). The molecule has 1 amide bonds. The lowest BCUT2D eigenvalue weighted by atomic mass is 10.1. The zero-order valence-electron chi connectivity index (χ0n) is 12.6.